The summed E-state index contributed by atoms with van der Waals surface area (Å²) in [6.07, 6.45) is 2.42. The average Bonchev–Trinajstić information content (AvgIpc) is 2.94. The number of pyridine rings is 1. The molecule has 0 fully saturated rings. The molecule has 6 nitrogen and oxygen atoms in total. The largest absolute Gasteiger partial charge is 0.317 e. The zero-order valence-electron chi connectivity index (χ0n) is 11.4. The first-order chi connectivity index (χ1) is 10.2. The number of carbonyl (C=O) groups is 1. The van der Waals surface area contributed by atoms with E-state index in [1.54, 1.807) is 30.5 Å². The summed E-state index contributed by atoms with van der Waals surface area (Å²) in [4.78, 5) is 26.8. The molecule has 6 heteroatoms. The normalized spacial score (nSPS) is 10.7. The molecule has 3 N–H and O–H groups in total. The molecule has 1 aromatic carbocycles. The van der Waals surface area contributed by atoms with Gasteiger partial charge in [0.05, 0.1) is 6.20 Å². The quantitative estimate of drug-likeness (QED) is 0.686. The van der Waals surface area contributed by atoms with Crippen molar-refractivity contribution in [1.29, 1.82) is 0 Å². The molecule has 0 saturated carbocycles. The first kappa shape index (κ1) is 13.1. The number of H-pyrrole nitrogens is 2. The molecule has 0 spiro atoms. The van der Waals surface area contributed by atoms with E-state index in [1.807, 2.05) is 13.0 Å². The van der Waals surface area contributed by atoms with Crippen molar-refractivity contribution in [2.45, 2.75) is 13.3 Å². The van der Waals surface area contributed by atoms with Crippen LogP contribution in [0.25, 0.3) is 10.8 Å². The van der Waals surface area contributed by atoms with Gasteiger partial charge in [0.2, 0.25) is 0 Å². The van der Waals surface area contributed by atoms with Crippen molar-refractivity contribution in [3.63, 3.8) is 0 Å². The first-order valence-electron chi connectivity index (χ1n) is 6.64. The lowest BCUT2D eigenvalue weighted by Gasteiger charge is -2.06. The SMILES string of the molecule is CCc1cn[nH]c1NC(=O)c1cc2ccccc2c(=O)[nH]1. The molecule has 0 aliphatic heterocycles. The molecule has 0 aliphatic rings. The highest BCUT2D eigenvalue weighted by atomic mass is 16.2. The number of hydrogen-bond donors (Lipinski definition) is 3. The Morgan fingerprint density at radius 3 is 2.95 bits per heavy atom. The van der Waals surface area contributed by atoms with Gasteiger partial charge < -0.3 is 10.3 Å². The molecule has 3 rings (SSSR count). The van der Waals surface area contributed by atoms with E-state index in [1.165, 1.54) is 0 Å². The van der Waals surface area contributed by atoms with Gasteiger partial charge in [-0.3, -0.25) is 14.7 Å². The van der Waals surface area contributed by atoms with Crippen molar-refractivity contribution in [3.8, 4) is 0 Å². The molecule has 0 atom stereocenters. The van der Waals surface area contributed by atoms with Gasteiger partial charge in [0.15, 0.2) is 0 Å². The van der Waals surface area contributed by atoms with E-state index < -0.39 is 0 Å². The smallest absolute Gasteiger partial charge is 0.273 e. The Kier molecular flexibility index (Phi) is 3.27. The minimum atomic E-state index is -0.378. The van der Waals surface area contributed by atoms with Crippen LogP contribution in [0.3, 0.4) is 0 Å². The standard InChI is InChI=1S/C15H14N4O2/c1-2-9-8-16-19-13(9)18-15(21)12-7-10-5-3-4-6-11(10)14(20)17-12/h3-8H,2H2,1H3,(H,17,20)(H2,16,18,19,21). The van der Waals surface area contributed by atoms with Crippen LogP contribution < -0.4 is 10.9 Å². The fourth-order valence-electron chi connectivity index (χ4n) is 2.20. The van der Waals surface area contributed by atoms with Crippen LogP contribution in [0.1, 0.15) is 23.0 Å². The van der Waals surface area contributed by atoms with Gasteiger partial charge in [-0.05, 0) is 23.9 Å². The van der Waals surface area contributed by atoms with E-state index in [-0.39, 0.29) is 17.2 Å². The number of benzene rings is 1. The van der Waals surface area contributed by atoms with Crippen LogP contribution in [0, 0.1) is 0 Å². The molecule has 1 amide bonds. The minimum Gasteiger partial charge on any atom is -0.317 e. The molecule has 0 unspecified atom stereocenters. The number of rotatable bonds is 3. The van der Waals surface area contributed by atoms with Gasteiger partial charge >= 0.3 is 0 Å². The van der Waals surface area contributed by atoms with E-state index in [0.717, 1.165) is 17.4 Å². The summed E-state index contributed by atoms with van der Waals surface area (Å²) in [5.41, 5.74) is 0.848. The number of aryl methyl sites for hydroxylation is 1. The lowest BCUT2D eigenvalue weighted by Crippen LogP contribution is -2.19. The lowest BCUT2D eigenvalue weighted by molar-refractivity contribution is 0.102. The van der Waals surface area contributed by atoms with Crippen LogP contribution >= 0.6 is 0 Å². The number of hydrogen-bond acceptors (Lipinski definition) is 3. The number of amides is 1. The molecule has 0 radical (unpaired) electrons. The number of nitrogens with zero attached hydrogens (tertiary/aromatic N) is 1. The highest BCUT2D eigenvalue weighted by molar-refractivity contribution is 6.04. The third-order valence-electron chi connectivity index (χ3n) is 3.34. The Labute approximate surface area is 120 Å². The molecule has 106 valence electrons. The minimum absolute atomic E-state index is 0.218. The van der Waals surface area contributed by atoms with Crippen LogP contribution in [0.4, 0.5) is 5.82 Å². The van der Waals surface area contributed by atoms with Crippen molar-refractivity contribution < 1.29 is 4.79 Å². The third-order valence-corrected chi connectivity index (χ3v) is 3.34. The van der Waals surface area contributed by atoms with Crippen LogP contribution in [-0.4, -0.2) is 21.1 Å². The maximum absolute atomic E-state index is 12.2. The van der Waals surface area contributed by atoms with Gasteiger partial charge in [-0.15, -0.1) is 0 Å². The number of anilines is 1. The zero-order chi connectivity index (χ0) is 14.8. The van der Waals surface area contributed by atoms with Gasteiger partial charge in [0.1, 0.15) is 11.5 Å². The van der Waals surface area contributed by atoms with E-state index in [2.05, 4.69) is 20.5 Å². The topological polar surface area (TPSA) is 90.6 Å². The summed E-state index contributed by atoms with van der Waals surface area (Å²) in [6.45, 7) is 1.97. The highest BCUT2D eigenvalue weighted by Gasteiger charge is 2.12. The first-order valence-corrected chi connectivity index (χ1v) is 6.64. The van der Waals surface area contributed by atoms with E-state index in [0.29, 0.717) is 11.2 Å². The number of nitrogens with one attached hydrogen (secondary N) is 3. The summed E-state index contributed by atoms with van der Waals surface area (Å²) in [6, 6.07) is 8.80. The lowest BCUT2D eigenvalue weighted by atomic mass is 10.1. The summed E-state index contributed by atoms with van der Waals surface area (Å²) in [7, 11) is 0. The van der Waals surface area contributed by atoms with Crippen molar-refractivity contribution in [2.24, 2.45) is 0 Å². The van der Waals surface area contributed by atoms with Gasteiger partial charge in [-0.2, -0.15) is 5.10 Å². The second-order valence-electron chi connectivity index (χ2n) is 4.68. The van der Waals surface area contributed by atoms with Gasteiger partial charge in [0, 0.05) is 10.9 Å². The second-order valence-corrected chi connectivity index (χ2v) is 4.68. The van der Waals surface area contributed by atoms with Gasteiger partial charge in [-0.1, -0.05) is 25.1 Å². The number of aromatic amines is 2. The fourth-order valence-corrected chi connectivity index (χ4v) is 2.20. The summed E-state index contributed by atoms with van der Waals surface area (Å²) >= 11 is 0. The molecule has 0 aliphatic carbocycles. The van der Waals surface area contributed by atoms with Gasteiger partial charge in [-0.25, -0.2) is 0 Å². The molecular formula is C15H14N4O2. The maximum Gasteiger partial charge on any atom is 0.273 e. The van der Waals surface area contributed by atoms with Crippen LogP contribution in [0.15, 0.2) is 41.3 Å². The zero-order valence-corrected chi connectivity index (χ0v) is 11.4. The third kappa shape index (κ3) is 2.43. The summed E-state index contributed by atoms with van der Waals surface area (Å²) < 4.78 is 0. The van der Waals surface area contributed by atoms with Crippen LogP contribution in [0.2, 0.25) is 0 Å². The van der Waals surface area contributed by atoms with E-state index in [4.69, 9.17) is 0 Å². The average molecular weight is 282 g/mol. The number of fused-ring (bicyclic) bond motifs is 1. The Balaban J connectivity index is 1.97. The van der Waals surface area contributed by atoms with Crippen LogP contribution in [0.5, 0.6) is 0 Å². The van der Waals surface area contributed by atoms with Crippen molar-refractivity contribution in [1.82, 2.24) is 15.2 Å². The Morgan fingerprint density at radius 2 is 2.14 bits per heavy atom. The fraction of sp³-hybridized carbons (Fsp3) is 0.133. The van der Waals surface area contributed by atoms with Crippen LogP contribution in [-0.2, 0) is 6.42 Å². The maximum atomic E-state index is 12.2. The van der Waals surface area contributed by atoms with Crippen molar-refractivity contribution >= 4 is 22.5 Å². The number of carbonyl (C=O) groups excluding carboxylic acids is 1. The predicted octanol–water partition coefficient (Wildman–Crippen LogP) is 2.07. The molecule has 0 bridgehead atoms. The van der Waals surface area contributed by atoms with E-state index >= 15 is 0 Å². The van der Waals surface area contributed by atoms with E-state index in [9.17, 15) is 9.59 Å². The highest BCUT2D eigenvalue weighted by Crippen LogP contribution is 2.14. The van der Waals surface area contributed by atoms with Crippen molar-refractivity contribution in [2.75, 3.05) is 5.32 Å². The molecule has 2 heterocycles. The van der Waals surface area contributed by atoms with Crippen molar-refractivity contribution in [3.05, 3.63) is 58.1 Å². The molecular weight excluding hydrogens is 268 g/mol. The predicted molar refractivity (Wildman–Crippen MR) is 80.5 cm³/mol. The molecule has 2 aromatic heterocycles. The van der Waals surface area contributed by atoms with Gasteiger partial charge in [0.25, 0.3) is 11.5 Å². The number of aromatic nitrogens is 3. The molecule has 3 aromatic rings. The summed E-state index contributed by atoms with van der Waals surface area (Å²) in [5.74, 6) is 0.174. The monoisotopic (exact) mass is 282 g/mol. The molecule has 0 saturated heterocycles. The molecule has 21 heavy (non-hydrogen) atoms. The Morgan fingerprint density at radius 1 is 1.33 bits per heavy atom. The Hall–Kier alpha value is -2.89. The summed E-state index contributed by atoms with van der Waals surface area (Å²) in [5, 5.41) is 10.6. The second kappa shape index (κ2) is 5.24. The Bertz CT molecular complexity index is 863.